The van der Waals surface area contributed by atoms with Crippen molar-refractivity contribution in [1.29, 1.82) is 0 Å². The molecule has 1 aromatic heterocycles. The topological polar surface area (TPSA) is 47.0 Å². The Kier molecular flexibility index (Phi) is 4.33. The van der Waals surface area contributed by atoms with Crippen molar-refractivity contribution < 1.29 is 17.9 Å². The van der Waals surface area contributed by atoms with Crippen LogP contribution in [0.25, 0.3) is 0 Å². The summed E-state index contributed by atoms with van der Waals surface area (Å²) in [6, 6.07) is 17.0. The predicted octanol–water partition coefficient (Wildman–Crippen LogP) is 5.03. The van der Waals surface area contributed by atoms with Crippen LogP contribution in [-0.2, 0) is 6.18 Å². The van der Waals surface area contributed by atoms with Crippen LogP contribution in [0.3, 0.4) is 0 Å². The molecule has 0 atom stereocenters. The third-order valence-corrected chi connectivity index (χ3v) is 3.05. The predicted molar refractivity (Wildman–Crippen MR) is 83.3 cm³/mol. The first-order valence-electron chi connectivity index (χ1n) is 7.01. The van der Waals surface area contributed by atoms with Crippen LogP contribution >= 0.6 is 0 Å². The molecule has 0 radical (unpaired) electrons. The van der Waals surface area contributed by atoms with Gasteiger partial charge in [0.25, 0.3) is 0 Å². The minimum absolute atomic E-state index is 0.0140. The fourth-order valence-corrected chi connectivity index (χ4v) is 1.95. The molecular weight excluding hydrogens is 319 g/mol. The number of aromatic nitrogens is 2. The molecule has 0 fully saturated rings. The van der Waals surface area contributed by atoms with Crippen LogP contribution < -0.4 is 10.1 Å². The van der Waals surface area contributed by atoms with Gasteiger partial charge < -0.3 is 10.1 Å². The zero-order chi connectivity index (χ0) is 17.0. The van der Waals surface area contributed by atoms with Gasteiger partial charge in [0, 0.05) is 11.9 Å². The summed E-state index contributed by atoms with van der Waals surface area (Å²) >= 11 is 0. The Morgan fingerprint density at radius 3 is 2.12 bits per heavy atom. The highest BCUT2D eigenvalue weighted by Gasteiger charge is 2.36. The van der Waals surface area contributed by atoms with Gasteiger partial charge in [-0.1, -0.05) is 36.4 Å². The molecule has 2 aromatic carbocycles. The second-order valence-electron chi connectivity index (χ2n) is 4.82. The highest BCUT2D eigenvalue weighted by Crippen LogP contribution is 2.37. The second-order valence-corrected chi connectivity index (χ2v) is 4.82. The highest BCUT2D eigenvalue weighted by atomic mass is 19.4. The number of para-hydroxylation sites is 2. The van der Waals surface area contributed by atoms with Gasteiger partial charge in [-0.15, -0.1) is 0 Å². The smallest absolute Gasteiger partial charge is 0.423 e. The van der Waals surface area contributed by atoms with E-state index in [0.29, 0.717) is 11.9 Å². The maximum Gasteiger partial charge on any atom is 0.423 e. The molecule has 0 saturated carbocycles. The van der Waals surface area contributed by atoms with Gasteiger partial charge in [0.1, 0.15) is 11.3 Å². The number of halogens is 3. The van der Waals surface area contributed by atoms with Crippen LogP contribution in [0.4, 0.5) is 24.8 Å². The van der Waals surface area contributed by atoms with Crippen LogP contribution in [0.1, 0.15) is 5.56 Å². The van der Waals surface area contributed by atoms with E-state index in [4.69, 9.17) is 4.74 Å². The van der Waals surface area contributed by atoms with E-state index in [1.807, 2.05) is 6.07 Å². The van der Waals surface area contributed by atoms with Crippen LogP contribution in [-0.4, -0.2) is 9.97 Å². The molecule has 4 nitrogen and oxygen atoms in total. The van der Waals surface area contributed by atoms with Crippen molar-refractivity contribution in [3.8, 4) is 11.6 Å². The SMILES string of the molecule is FC(F)(F)c1cnc(Nc2ccccc2)nc1Oc1ccccc1. The van der Waals surface area contributed by atoms with E-state index in [1.54, 1.807) is 54.6 Å². The van der Waals surface area contributed by atoms with E-state index in [-0.39, 0.29) is 11.7 Å². The number of alkyl halides is 3. The molecule has 0 saturated heterocycles. The Labute approximate surface area is 136 Å². The van der Waals surface area contributed by atoms with Crippen LogP contribution in [0.15, 0.2) is 66.9 Å². The first-order chi connectivity index (χ1) is 11.5. The van der Waals surface area contributed by atoms with E-state index < -0.39 is 17.6 Å². The minimum atomic E-state index is -4.62. The first-order valence-corrected chi connectivity index (χ1v) is 7.01. The monoisotopic (exact) mass is 331 g/mol. The molecule has 1 heterocycles. The number of anilines is 2. The molecule has 1 N–H and O–H groups in total. The quantitative estimate of drug-likeness (QED) is 0.728. The van der Waals surface area contributed by atoms with Crippen LogP contribution in [0, 0.1) is 0 Å². The Morgan fingerprint density at radius 1 is 0.875 bits per heavy atom. The summed E-state index contributed by atoms with van der Waals surface area (Å²) < 4.78 is 44.7. The third kappa shape index (κ3) is 3.81. The molecule has 24 heavy (non-hydrogen) atoms. The maximum atomic E-state index is 13.1. The van der Waals surface area contributed by atoms with E-state index >= 15 is 0 Å². The number of nitrogens with one attached hydrogen (secondary N) is 1. The van der Waals surface area contributed by atoms with Gasteiger partial charge in [0.15, 0.2) is 0 Å². The summed E-state index contributed by atoms with van der Waals surface area (Å²) in [5.41, 5.74) is -0.382. The van der Waals surface area contributed by atoms with Crippen LogP contribution in [0.2, 0.25) is 0 Å². The molecule has 3 aromatic rings. The number of hydrogen-bond acceptors (Lipinski definition) is 4. The lowest BCUT2D eigenvalue weighted by Gasteiger charge is -2.13. The Bertz CT molecular complexity index is 808. The summed E-state index contributed by atoms with van der Waals surface area (Å²) in [5, 5.41) is 2.84. The fraction of sp³-hybridized carbons (Fsp3) is 0.0588. The van der Waals surface area contributed by atoms with Crippen molar-refractivity contribution in [2.75, 3.05) is 5.32 Å². The fourth-order valence-electron chi connectivity index (χ4n) is 1.95. The molecule has 0 aliphatic rings. The lowest BCUT2D eigenvalue weighted by atomic mass is 10.3. The number of benzene rings is 2. The van der Waals surface area contributed by atoms with Gasteiger partial charge in [-0.05, 0) is 24.3 Å². The van der Waals surface area contributed by atoms with Crippen molar-refractivity contribution in [3.63, 3.8) is 0 Å². The highest BCUT2D eigenvalue weighted by molar-refractivity contribution is 5.53. The van der Waals surface area contributed by atoms with Gasteiger partial charge in [-0.3, -0.25) is 0 Å². The average Bonchev–Trinajstić information content (AvgIpc) is 2.56. The molecule has 0 bridgehead atoms. The number of hydrogen-bond donors (Lipinski definition) is 1. The zero-order valence-corrected chi connectivity index (χ0v) is 12.3. The second kappa shape index (κ2) is 6.57. The largest absolute Gasteiger partial charge is 0.438 e. The van der Waals surface area contributed by atoms with E-state index in [1.165, 1.54) is 0 Å². The molecule has 0 aliphatic carbocycles. The molecule has 7 heteroatoms. The van der Waals surface area contributed by atoms with Gasteiger partial charge >= 0.3 is 6.18 Å². The van der Waals surface area contributed by atoms with Crippen molar-refractivity contribution in [3.05, 3.63) is 72.4 Å². The number of rotatable bonds is 4. The summed E-state index contributed by atoms with van der Waals surface area (Å²) in [4.78, 5) is 7.59. The van der Waals surface area contributed by atoms with Crippen molar-refractivity contribution in [1.82, 2.24) is 9.97 Å². The van der Waals surface area contributed by atoms with E-state index in [0.717, 1.165) is 0 Å². The molecule has 3 rings (SSSR count). The molecule has 0 amide bonds. The van der Waals surface area contributed by atoms with Crippen LogP contribution in [0.5, 0.6) is 11.6 Å². The minimum Gasteiger partial charge on any atom is -0.438 e. The molecular formula is C17H12F3N3O. The standard InChI is InChI=1S/C17H12F3N3O/c18-17(19,20)14-11-21-16(22-12-7-3-1-4-8-12)23-15(14)24-13-9-5-2-6-10-13/h1-11H,(H,21,22,23). The molecule has 0 unspecified atom stereocenters. The summed E-state index contributed by atoms with van der Waals surface area (Å²) in [7, 11) is 0. The normalized spacial score (nSPS) is 11.1. The molecule has 0 spiro atoms. The number of nitrogens with zero attached hydrogens (tertiary/aromatic N) is 2. The maximum absolute atomic E-state index is 13.1. The first kappa shape index (κ1) is 15.8. The lowest BCUT2D eigenvalue weighted by molar-refractivity contribution is -0.139. The summed E-state index contributed by atoms with van der Waals surface area (Å²) in [6.45, 7) is 0. The summed E-state index contributed by atoms with van der Waals surface area (Å²) in [5.74, 6) is -0.283. The van der Waals surface area contributed by atoms with Crippen molar-refractivity contribution in [2.24, 2.45) is 0 Å². The Hall–Kier alpha value is -3.09. The van der Waals surface area contributed by atoms with E-state index in [2.05, 4.69) is 15.3 Å². The van der Waals surface area contributed by atoms with Gasteiger partial charge in [0.2, 0.25) is 11.8 Å². The average molecular weight is 331 g/mol. The van der Waals surface area contributed by atoms with Crippen molar-refractivity contribution in [2.45, 2.75) is 6.18 Å². The molecule has 0 aliphatic heterocycles. The van der Waals surface area contributed by atoms with Gasteiger partial charge in [0.05, 0.1) is 0 Å². The number of ether oxygens (including phenoxy) is 1. The van der Waals surface area contributed by atoms with Crippen molar-refractivity contribution >= 4 is 11.6 Å². The van der Waals surface area contributed by atoms with Gasteiger partial charge in [-0.2, -0.15) is 18.2 Å². The lowest BCUT2D eigenvalue weighted by Crippen LogP contribution is -2.10. The zero-order valence-electron chi connectivity index (χ0n) is 12.3. The third-order valence-electron chi connectivity index (χ3n) is 3.05. The Balaban J connectivity index is 1.94. The summed E-state index contributed by atoms with van der Waals surface area (Å²) in [6.07, 6.45) is -3.91. The Morgan fingerprint density at radius 2 is 1.50 bits per heavy atom. The van der Waals surface area contributed by atoms with E-state index in [9.17, 15) is 13.2 Å². The molecule has 122 valence electrons. The van der Waals surface area contributed by atoms with Gasteiger partial charge in [-0.25, -0.2) is 4.98 Å².